The molecule has 0 atom stereocenters. The van der Waals surface area contributed by atoms with Gasteiger partial charge in [0.2, 0.25) is 11.8 Å². The second kappa shape index (κ2) is 7.43. The van der Waals surface area contributed by atoms with E-state index in [0.717, 1.165) is 21.5 Å². The first-order valence-corrected chi connectivity index (χ1v) is 10.1. The zero-order chi connectivity index (χ0) is 17.9. The Bertz CT molecular complexity index is 906. The fourth-order valence-corrected chi connectivity index (χ4v) is 4.41. The van der Waals surface area contributed by atoms with Crippen molar-refractivity contribution in [3.05, 3.63) is 47.8 Å². The number of hydrogen-bond acceptors (Lipinski definition) is 6. The van der Waals surface area contributed by atoms with E-state index in [1.165, 1.54) is 16.7 Å². The van der Waals surface area contributed by atoms with Crippen LogP contribution in [0.4, 0.5) is 0 Å². The Hall–Kier alpha value is -2.45. The number of carbonyl (C=O) groups excluding carboxylic acids is 2. The highest BCUT2D eigenvalue weighted by atomic mass is 32.2. The van der Waals surface area contributed by atoms with Crippen molar-refractivity contribution in [3.63, 3.8) is 0 Å². The first kappa shape index (κ1) is 17.0. The SMILES string of the molecule is O=C1CCC(=O)N1CCSc1nnc(-c2cccs2)n1-c1ccccc1. The third-order valence-corrected chi connectivity index (χ3v) is 5.87. The topological polar surface area (TPSA) is 68.1 Å². The Balaban J connectivity index is 1.58. The van der Waals surface area contributed by atoms with Crippen molar-refractivity contribution in [2.24, 2.45) is 0 Å². The van der Waals surface area contributed by atoms with Crippen molar-refractivity contribution in [1.82, 2.24) is 19.7 Å². The number of imide groups is 1. The minimum absolute atomic E-state index is 0.0839. The van der Waals surface area contributed by atoms with E-state index in [1.54, 1.807) is 11.3 Å². The number of amides is 2. The van der Waals surface area contributed by atoms with Gasteiger partial charge < -0.3 is 0 Å². The van der Waals surface area contributed by atoms with Crippen molar-refractivity contribution in [2.45, 2.75) is 18.0 Å². The summed E-state index contributed by atoms with van der Waals surface area (Å²) < 4.78 is 2.02. The van der Waals surface area contributed by atoms with E-state index in [1.807, 2.05) is 52.4 Å². The smallest absolute Gasteiger partial charge is 0.229 e. The molecule has 0 aliphatic carbocycles. The largest absolute Gasteiger partial charge is 0.282 e. The standard InChI is InChI=1S/C18H16N4O2S2/c23-15-8-9-16(24)21(15)10-12-26-18-20-19-17(14-7-4-11-25-14)22(18)13-5-2-1-3-6-13/h1-7,11H,8-10,12H2. The van der Waals surface area contributed by atoms with Gasteiger partial charge in [-0.3, -0.25) is 19.1 Å². The Morgan fingerprint density at radius 2 is 1.77 bits per heavy atom. The lowest BCUT2D eigenvalue weighted by Gasteiger charge is -2.13. The van der Waals surface area contributed by atoms with E-state index in [2.05, 4.69) is 10.2 Å². The summed E-state index contributed by atoms with van der Waals surface area (Å²) in [6, 6.07) is 13.9. The van der Waals surface area contributed by atoms with Crippen LogP contribution < -0.4 is 0 Å². The molecular formula is C18H16N4O2S2. The molecule has 1 saturated heterocycles. The van der Waals surface area contributed by atoms with E-state index in [-0.39, 0.29) is 11.8 Å². The van der Waals surface area contributed by atoms with Crippen LogP contribution in [0, 0.1) is 0 Å². The maximum Gasteiger partial charge on any atom is 0.229 e. The molecule has 2 amide bonds. The van der Waals surface area contributed by atoms with Crippen LogP contribution >= 0.6 is 23.1 Å². The highest BCUT2D eigenvalue weighted by Crippen LogP contribution is 2.30. The van der Waals surface area contributed by atoms with Crippen LogP contribution in [0.15, 0.2) is 53.0 Å². The van der Waals surface area contributed by atoms with Crippen molar-refractivity contribution >= 4 is 34.9 Å². The molecule has 1 aliphatic rings. The second-order valence-electron chi connectivity index (χ2n) is 5.74. The van der Waals surface area contributed by atoms with Gasteiger partial charge >= 0.3 is 0 Å². The highest BCUT2D eigenvalue weighted by molar-refractivity contribution is 7.99. The van der Waals surface area contributed by atoms with E-state index in [9.17, 15) is 9.59 Å². The fourth-order valence-electron chi connectivity index (χ4n) is 2.84. The summed E-state index contributed by atoms with van der Waals surface area (Å²) in [5.74, 6) is 1.22. The molecule has 0 spiro atoms. The van der Waals surface area contributed by atoms with Gasteiger partial charge in [0.15, 0.2) is 11.0 Å². The van der Waals surface area contributed by atoms with Crippen LogP contribution in [0.5, 0.6) is 0 Å². The molecule has 0 saturated carbocycles. The molecule has 26 heavy (non-hydrogen) atoms. The molecule has 4 rings (SSSR count). The van der Waals surface area contributed by atoms with E-state index in [0.29, 0.717) is 25.1 Å². The monoisotopic (exact) mass is 384 g/mol. The molecule has 132 valence electrons. The molecule has 3 aromatic rings. The molecule has 2 aromatic heterocycles. The summed E-state index contributed by atoms with van der Waals surface area (Å²) in [6.45, 7) is 0.401. The lowest BCUT2D eigenvalue weighted by molar-refractivity contribution is -0.137. The molecule has 0 bridgehead atoms. The lowest BCUT2D eigenvalue weighted by Crippen LogP contribution is -2.31. The minimum Gasteiger partial charge on any atom is -0.282 e. The number of rotatable bonds is 6. The molecule has 0 N–H and O–H groups in total. The second-order valence-corrected chi connectivity index (χ2v) is 7.75. The Labute approximate surface area is 158 Å². The molecule has 6 nitrogen and oxygen atoms in total. The number of para-hydroxylation sites is 1. The van der Waals surface area contributed by atoms with Gasteiger partial charge in [-0.15, -0.1) is 21.5 Å². The Morgan fingerprint density at radius 3 is 2.46 bits per heavy atom. The van der Waals surface area contributed by atoms with Gasteiger partial charge in [0.05, 0.1) is 4.88 Å². The number of likely N-dealkylation sites (tertiary alicyclic amines) is 1. The van der Waals surface area contributed by atoms with Crippen LogP contribution in [0.25, 0.3) is 16.4 Å². The molecule has 1 aliphatic heterocycles. The average Bonchev–Trinajstić information content (AvgIpc) is 3.38. The van der Waals surface area contributed by atoms with E-state index < -0.39 is 0 Å². The fraction of sp³-hybridized carbons (Fsp3) is 0.222. The summed E-state index contributed by atoms with van der Waals surface area (Å²) in [7, 11) is 0. The molecule has 8 heteroatoms. The lowest BCUT2D eigenvalue weighted by atomic mass is 10.3. The van der Waals surface area contributed by atoms with Gasteiger partial charge in [0.1, 0.15) is 0 Å². The van der Waals surface area contributed by atoms with Crippen LogP contribution in [-0.2, 0) is 9.59 Å². The quantitative estimate of drug-likeness (QED) is 0.482. The third kappa shape index (κ3) is 3.30. The van der Waals surface area contributed by atoms with Crippen LogP contribution in [0.2, 0.25) is 0 Å². The van der Waals surface area contributed by atoms with Crippen LogP contribution in [0.1, 0.15) is 12.8 Å². The predicted octanol–water partition coefficient (Wildman–Crippen LogP) is 3.24. The van der Waals surface area contributed by atoms with Gasteiger partial charge in [0.25, 0.3) is 0 Å². The number of thioether (sulfide) groups is 1. The number of thiophene rings is 1. The third-order valence-electron chi connectivity index (χ3n) is 4.09. The number of aromatic nitrogens is 3. The molecule has 0 unspecified atom stereocenters. The Morgan fingerprint density at radius 1 is 1.00 bits per heavy atom. The Kier molecular flexibility index (Phi) is 4.85. The number of hydrogen-bond donors (Lipinski definition) is 0. The van der Waals surface area contributed by atoms with Gasteiger partial charge in [-0.1, -0.05) is 36.0 Å². The van der Waals surface area contributed by atoms with Crippen LogP contribution in [0.3, 0.4) is 0 Å². The van der Waals surface area contributed by atoms with Crippen LogP contribution in [-0.4, -0.2) is 43.8 Å². The van der Waals surface area contributed by atoms with Gasteiger partial charge in [-0.05, 0) is 23.6 Å². The molecule has 0 radical (unpaired) electrons. The first-order valence-electron chi connectivity index (χ1n) is 8.25. The summed E-state index contributed by atoms with van der Waals surface area (Å²) in [4.78, 5) is 25.9. The molecular weight excluding hydrogens is 368 g/mol. The van der Waals surface area contributed by atoms with Crippen molar-refractivity contribution in [2.75, 3.05) is 12.3 Å². The highest BCUT2D eigenvalue weighted by Gasteiger charge is 2.28. The number of carbonyl (C=O) groups is 2. The maximum atomic E-state index is 11.7. The zero-order valence-corrected chi connectivity index (χ0v) is 15.5. The van der Waals surface area contributed by atoms with Crippen molar-refractivity contribution in [1.29, 1.82) is 0 Å². The summed E-state index contributed by atoms with van der Waals surface area (Å²) in [6.07, 6.45) is 0.651. The average molecular weight is 384 g/mol. The molecule has 1 aromatic carbocycles. The number of benzene rings is 1. The van der Waals surface area contributed by atoms with E-state index >= 15 is 0 Å². The maximum absolute atomic E-state index is 11.7. The van der Waals surface area contributed by atoms with Gasteiger partial charge in [-0.25, -0.2) is 0 Å². The normalized spacial score (nSPS) is 14.4. The van der Waals surface area contributed by atoms with Gasteiger partial charge in [-0.2, -0.15) is 0 Å². The molecule has 3 heterocycles. The van der Waals surface area contributed by atoms with Crippen molar-refractivity contribution in [3.8, 4) is 16.4 Å². The first-order chi connectivity index (χ1) is 12.7. The van der Waals surface area contributed by atoms with Crippen molar-refractivity contribution < 1.29 is 9.59 Å². The number of nitrogens with zero attached hydrogens (tertiary/aromatic N) is 4. The molecule has 1 fully saturated rings. The zero-order valence-electron chi connectivity index (χ0n) is 13.9. The predicted molar refractivity (Wildman–Crippen MR) is 101 cm³/mol. The summed E-state index contributed by atoms with van der Waals surface area (Å²) >= 11 is 3.11. The minimum atomic E-state index is -0.0839. The van der Waals surface area contributed by atoms with Gasteiger partial charge in [0, 0.05) is 30.8 Å². The summed E-state index contributed by atoms with van der Waals surface area (Å²) in [5, 5.41) is 11.5. The summed E-state index contributed by atoms with van der Waals surface area (Å²) in [5.41, 5.74) is 0.983. The van der Waals surface area contributed by atoms with E-state index in [4.69, 9.17) is 0 Å².